The van der Waals surface area contributed by atoms with Gasteiger partial charge in [0, 0.05) is 0 Å². The lowest BCUT2D eigenvalue weighted by Gasteiger charge is -2.24. The molecule has 4 nitrogen and oxygen atoms in total. The minimum atomic E-state index is -0.857. The van der Waals surface area contributed by atoms with Crippen molar-refractivity contribution in [1.29, 1.82) is 0 Å². The topological polar surface area (TPSA) is 52.6 Å². The maximum atomic E-state index is 11.3. The van der Waals surface area contributed by atoms with E-state index in [1.165, 1.54) is 6.47 Å². The molecular formula is C10H17O4. The highest BCUT2D eigenvalue weighted by atomic mass is 16.6. The highest BCUT2D eigenvalue weighted by molar-refractivity contribution is 5.71. The van der Waals surface area contributed by atoms with E-state index in [-0.39, 0.29) is 6.42 Å². The van der Waals surface area contributed by atoms with Gasteiger partial charge in [-0.15, -0.1) is 0 Å². The molecule has 0 saturated carbocycles. The largest absolute Gasteiger partial charge is 0.460 e. The molecule has 0 N–H and O–H groups in total. The average Bonchev–Trinajstić information content (AvgIpc) is 1.78. The highest BCUT2D eigenvalue weighted by Crippen LogP contribution is 2.17. The van der Waals surface area contributed by atoms with Gasteiger partial charge >= 0.3 is 12.4 Å². The van der Waals surface area contributed by atoms with E-state index in [0.717, 1.165) is 0 Å². The van der Waals surface area contributed by atoms with Crippen molar-refractivity contribution in [2.75, 3.05) is 0 Å². The Labute approximate surface area is 84.6 Å². The van der Waals surface area contributed by atoms with Crippen LogP contribution < -0.4 is 0 Å². The third kappa shape index (κ3) is 6.46. The fraction of sp³-hybridized carbons (Fsp3) is 0.800. The SMILES string of the molecule is CC(C)(C)OC(=O)CC(C)(C)O[C]=O. The van der Waals surface area contributed by atoms with E-state index in [4.69, 9.17) is 4.74 Å². The smallest absolute Gasteiger partial charge is 0.418 e. The number of hydrogen-bond acceptors (Lipinski definition) is 4. The third-order valence-corrected chi connectivity index (χ3v) is 1.31. The van der Waals surface area contributed by atoms with Crippen LogP contribution in [0.25, 0.3) is 0 Å². The van der Waals surface area contributed by atoms with E-state index in [2.05, 4.69) is 4.74 Å². The van der Waals surface area contributed by atoms with Gasteiger partial charge in [-0.1, -0.05) is 0 Å². The monoisotopic (exact) mass is 201 g/mol. The predicted molar refractivity (Wildman–Crippen MR) is 51.3 cm³/mol. The van der Waals surface area contributed by atoms with E-state index < -0.39 is 17.2 Å². The van der Waals surface area contributed by atoms with Gasteiger partial charge in [0.15, 0.2) is 0 Å². The van der Waals surface area contributed by atoms with E-state index in [1.807, 2.05) is 0 Å². The van der Waals surface area contributed by atoms with Gasteiger partial charge < -0.3 is 9.47 Å². The summed E-state index contributed by atoms with van der Waals surface area (Å²) in [6.45, 7) is 9.92. The van der Waals surface area contributed by atoms with Gasteiger partial charge in [0.2, 0.25) is 0 Å². The van der Waals surface area contributed by atoms with Gasteiger partial charge in [-0.05, 0) is 34.6 Å². The lowest BCUT2D eigenvalue weighted by molar-refractivity contribution is -0.158. The molecule has 1 radical (unpaired) electrons. The molecule has 0 aliphatic heterocycles. The average molecular weight is 201 g/mol. The van der Waals surface area contributed by atoms with Crippen LogP contribution >= 0.6 is 0 Å². The van der Waals surface area contributed by atoms with Crippen molar-refractivity contribution in [2.24, 2.45) is 0 Å². The first-order chi connectivity index (χ1) is 6.16. The first kappa shape index (κ1) is 12.9. The fourth-order valence-electron chi connectivity index (χ4n) is 0.874. The second-order valence-electron chi connectivity index (χ2n) is 4.71. The van der Waals surface area contributed by atoms with Gasteiger partial charge in [-0.3, -0.25) is 4.79 Å². The van der Waals surface area contributed by atoms with Gasteiger partial charge in [0.25, 0.3) is 0 Å². The normalized spacial score (nSPS) is 12.1. The Morgan fingerprint density at radius 1 is 1.21 bits per heavy atom. The zero-order valence-corrected chi connectivity index (χ0v) is 9.34. The van der Waals surface area contributed by atoms with Crippen molar-refractivity contribution in [1.82, 2.24) is 0 Å². The molecule has 0 aromatic carbocycles. The van der Waals surface area contributed by atoms with Crippen LogP contribution in [0.15, 0.2) is 0 Å². The molecule has 0 atom stereocenters. The van der Waals surface area contributed by atoms with Gasteiger partial charge in [-0.25, -0.2) is 4.79 Å². The first-order valence-corrected chi connectivity index (χ1v) is 4.43. The van der Waals surface area contributed by atoms with Crippen molar-refractivity contribution >= 4 is 12.4 Å². The molecule has 81 valence electrons. The maximum Gasteiger partial charge on any atom is 0.418 e. The van der Waals surface area contributed by atoms with Crippen molar-refractivity contribution in [3.63, 3.8) is 0 Å². The van der Waals surface area contributed by atoms with E-state index >= 15 is 0 Å². The zero-order valence-electron chi connectivity index (χ0n) is 9.34. The number of rotatable bonds is 4. The summed E-state index contributed by atoms with van der Waals surface area (Å²) in [7, 11) is 0. The summed E-state index contributed by atoms with van der Waals surface area (Å²) >= 11 is 0. The molecule has 0 unspecified atom stereocenters. The summed E-state index contributed by atoms with van der Waals surface area (Å²) in [5.74, 6) is -0.391. The second-order valence-corrected chi connectivity index (χ2v) is 4.71. The summed E-state index contributed by atoms with van der Waals surface area (Å²) in [6, 6.07) is 0. The van der Waals surface area contributed by atoms with Crippen LogP contribution in [0.1, 0.15) is 41.0 Å². The lowest BCUT2D eigenvalue weighted by atomic mass is 10.1. The molecule has 0 aliphatic carbocycles. The first-order valence-electron chi connectivity index (χ1n) is 4.43. The van der Waals surface area contributed by atoms with Crippen LogP contribution in [0, 0.1) is 0 Å². The second kappa shape index (κ2) is 4.44. The molecule has 14 heavy (non-hydrogen) atoms. The van der Waals surface area contributed by atoms with Crippen molar-refractivity contribution in [3.8, 4) is 0 Å². The summed E-state index contributed by atoms with van der Waals surface area (Å²) in [5.41, 5.74) is -1.37. The molecule has 0 aromatic rings. The molecule has 0 spiro atoms. The number of ether oxygens (including phenoxy) is 2. The Kier molecular flexibility index (Phi) is 4.10. The number of carbonyl (C=O) groups excluding carboxylic acids is 2. The fourth-order valence-corrected chi connectivity index (χ4v) is 0.874. The Hall–Kier alpha value is -1.06. The Morgan fingerprint density at radius 2 is 1.71 bits per heavy atom. The summed E-state index contributed by atoms with van der Waals surface area (Å²) in [4.78, 5) is 21.3. The van der Waals surface area contributed by atoms with Crippen LogP contribution in [0.4, 0.5) is 0 Å². The minimum absolute atomic E-state index is 0.0273. The number of hydrogen-bond donors (Lipinski definition) is 0. The molecule has 0 saturated heterocycles. The van der Waals surface area contributed by atoms with E-state index in [9.17, 15) is 9.59 Å². The molecule has 4 heteroatoms. The standard InChI is InChI=1S/C10H17O4/c1-9(2,3)14-8(12)6-10(4,5)13-7-11/h6H2,1-5H3. The number of esters is 1. The van der Waals surface area contributed by atoms with Crippen molar-refractivity contribution in [2.45, 2.75) is 52.2 Å². The summed E-state index contributed by atoms with van der Waals surface area (Å²) < 4.78 is 9.68. The maximum absolute atomic E-state index is 11.3. The van der Waals surface area contributed by atoms with Crippen LogP contribution in [0.3, 0.4) is 0 Å². The van der Waals surface area contributed by atoms with E-state index in [1.54, 1.807) is 34.6 Å². The summed E-state index contributed by atoms with van der Waals surface area (Å²) in [5, 5.41) is 0. The molecule has 0 bridgehead atoms. The highest BCUT2D eigenvalue weighted by Gasteiger charge is 2.27. The molecule has 0 aromatic heterocycles. The molecule has 0 rings (SSSR count). The molecule has 0 fully saturated rings. The lowest BCUT2D eigenvalue weighted by Crippen LogP contribution is -2.32. The molecular weight excluding hydrogens is 184 g/mol. The van der Waals surface area contributed by atoms with Crippen LogP contribution in [0.5, 0.6) is 0 Å². The Morgan fingerprint density at radius 3 is 2.07 bits per heavy atom. The summed E-state index contributed by atoms with van der Waals surface area (Å²) in [6.07, 6.45) is 0.0273. The van der Waals surface area contributed by atoms with Crippen LogP contribution in [-0.4, -0.2) is 23.6 Å². The molecule has 0 aliphatic rings. The van der Waals surface area contributed by atoms with Gasteiger partial charge in [0.05, 0.1) is 6.42 Å². The quantitative estimate of drug-likeness (QED) is 0.648. The number of carbonyl (C=O) groups is 1. The van der Waals surface area contributed by atoms with Crippen molar-refractivity contribution < 1.29 is 19.1 Å². The minimum Gasteiger partial charge on any atom is -0.460 e. The van der Waals surface area contributed by atoms with Gasteiger partial charge in [0.1, 0.15) is 11.2 Å². The zero-order chi connectivity index (χ0) is 11.4. The van der Waals surface area contributed by atoms with Crippen LogP contribution in [0.2, 0.25) is 0 Å². The predicted octanol–water partition coefficient (Wildman–Crippen LogP) is 1.58. The van der Waals surface area contributed by atoms with Crippen LogP contribution in [-0.2, 0) is 19.1 Å². The molecule has 0 amide bonds. The van der Waals surface area contributed by atoms with Gasteiger partial charge in [-0.2, -0.15) is 0 Å². The van der Waals surface area contributed by atoms with E-state index in [0.29, 0.717) is 0 Å². The third-order valence-electron chi connectivity index (χ3n) is 1.31. The molecule has 0 heterocycles. The van der Waals surface area contributed by atoms with Crippen molar-refractivity contribution in [3.05, 3.63) is 0 Å². The Balaban J connectivity index is 4.12. The Bertz CT molecular complexity index is 213.